The Morgan fingerprint density at radius 2 is 1.74 bits per heavy atom. The average Bonchev–Trinajstić information content (AvgIpc) is 2.91. The number of pyridine rings is 1. The van der Waals surface area contributed by atoms with Crippen molar-refractivity contribution in [1.29, 1.82) is 0 Å². The molecule has 0 bridgehead atoms. The molecule has 39 heavy (non-hydrogen) atoms. The molecule has 2 aromatic carbocycles. The fourth-order valence-electron chi connectivity index (χ4n) is 4.61. The molecule has 1 N–H and O–H groups in total. The number of nitrogens with zero attached hydrogens (tertiary/aromatic N) is 3. The molecule has 0 aliphatic carbocycles. The SMILES string of the molecule is CCCCc1nc(O)c(S(=O)(=O)c2ccc(-c3ccc(F)nc3C)cc2)c(=O)n1[C@@H](C)c1ccccc1OC. The Labute approximate surface area is 226 Å². The van der Waals surface area contributed by atoms with Crippen LogP contribution in [0.3, 0.4) is 0 Å². The number of methoxy groups -OCH3 is 1. The second-order valence-corrected chi connectivity index (χ2v) is 11.1. The molecule has 0 unspecified atom stereocenters. The highest BCUT2D eigenvalue weighted by atomic mass is 32.2. The first kappa shape index (κ1) is 28.0. The first-order valence-corrected chi connectivity index (χ1v) is 14.0. The van der Waals surface area contributed by atoms with E-state index in [4.69, 9.17) is 4.74 Å². The summed E-state index contributed by atoms with van der Waals surface area (Å²) in [5.74, 6) is -0.625. The third kappa shape index (κ3) is 5.42. The molecule has 0 aliphatic rings. The topological polar surface area (TPSA) is 111 Å². The quantitative estimate of drug-likeness (QED) is 0.283. The van der Waals surface area contributed by atoms with Gasteiger partial charge in [0.15, 0.2) is 4.90 Å². The van der Waals surface area contributed by atoms with E-state index in [9.17, 15) is 22.7 Å². The Balaban J connectivity index is 1.85. The maximum absolute atomic E-state index is 13.9. The Hall–Kier alpha value is -4.05. The summed E-state index contributed by atoms with van der Waals surface area (Å²) >= 11 is 0. The van der Waals surface area contributed by atoms with E-state index in [1.165, 1.54) is 29.9 Å². The predicted molar refractivity (Wildman–Crippen MR) is 145 cm³/mol. The van der Waals surface area contributed by atoms with E-state index >= 15 is 0 Å². The maximum Gasteiger partial charge on any atom is 0.277 e. The molecule has 4 rings (SSSR count). The third-order valence-electron chi connectivity index (χ3n) is 6.66. The van der Waals surface area contributed by atoms with Crippen LogP contribution in [0.2, 0.25) is 0 Å². The highest BCUT2D eigenvalue weighted by Gasteiger charge is 2.31. The van der Waals surface area contributed by atoms with Crippen LogP contribution in [0.1, 0.15) is 49.8 Å². The van der Waals surface area contributed by atoms with Gasteiger partial charge >= 0.3 is 0 Å². The zero-order valence-corrected chi connectivity index (χ0v) is 23.0. The molecule has 0 spiro atoms. The Kier molecular flexibility index (Phi) is 8.15. The summed E-state index contributed by atoms with van der Waals surface area (Å²) in [5, 5.41) is 10.8. The molecule has 0 amide bonds. The van der Waals surface area contributed by atoms with Gasteiger partial charge in [0.25, 0.3) is 5.56 Å². The standard InChI is InChI=1S/C29H30FN3O5S/c1-5-6-11-26-32-28(34)27(29(35)33(26)19(3)23-9-7-8-10-24(23)38-4)39(36,37)21-14-12-20(13-15-21)22-16-17-25(30)31-18(22)2/h7-10,12-17,19,34H,5-6,11H2,1-4H3/t19-/m0/s1. The van der Waals surface area contributed by atoms with Gasteiger partial charge in [-0.2, -0.15) is 9.37 Å². The second-order valence-electron chi connectivity index (χ2n) is 9.17. The number of hydrogen-bond acceptors (Lipinski definition) is 7. The summed E-state index contributed by atoms with van der Waals surface area (Å²) in [6.45, 7) is 5.40. The number of aromatic nitrogens is 3. The van der Waals surface area contributed by atoms with Crippen LogP contribution in [0.15, 0.2) is 75.2 Å². The fourth-order valence-corrected chi connectivity index (χ4v) is 5.96. The van der Waals surface area contributed by atoms with Crippen LogP contribution in [0.5, 0.6) is 11.6 Å². The molecule has 2 aromatic heterocycles. The number of rotatable bonds is 9. The minimum atomic E-state index is -4.46. The second kappa shape index (κ2) is 11.4. The fraction of sp³-hybridized carbons (Fsp3) is 0.276. The number of sulfone groups is 1. The lowest BCUT2D eigenvalue weighted by Gasteiger charge is -2.22. The molecule has 0 fully saturated rings. The number of aryl methyl sites for hydroxylation is 2. The van der Waals surface area contributed by atoms with Gasteiger partial charge in [-0.1, -0.05) is 43.7 Å². The van der Waals surface area contributed by atoms with Crippen molar-refractivity contribution in [1.82, 2.24) is 14.5 Å². The van der Waals surface area contributed by atoms with Crippen LogP contribution in [0.25, 0.3) is 11.1 Å². The summed E-state index contributed by atoms with van der Waals surface area (Å²) < 4.78 is 47.6. The lowest BCUT2D eigenvalue weighted by Crippen LogP contribution is -2.33. The summed E-state index contributed by atoms with van der Waals surface area (Å²) in [5.41, 5.74) is 1.51. The smallest absolute Gasteiger partial charge is 0.277 e. The number of ether oxygens (including phenoxy) is 1. The first-order chi connectivity index (χ1) is 18.6. The van der Waals surface area contributed by atoms with Crippen molar-refractivity contribution in [3.05, 3.63) is 94.0 Å². The molecule has 2 heterocycles. The number of benzene rings is 2. The van der Waals surface area contributed by atoms with Crippen LogP contribution in [0.4, 0.5) is 4.39 Å². The van der Waals surface area contributed by atoms with E-state index in [1.807, 2.05) is 6.92 Å². The van der Waals surface area contributed by atoms with Crippen molar-refractivity contribution in [3.8, 4) is 22.8 Å². The maximum atomic E-state index is 13.9. The number of halogens is 1. The van der Waals surface area contributed by atoms with Gasteiger partial charge in [-0.05, 0) is 56.2 Å². The van der Waals surface area contributed by atoms with Gasteiger partial charge in [-0.25, -0.2) is 13.4 Å². The lowest BCUT2D eigenvalue weighted by atomic mass is 10.1. The monoisotopic (exact) mass is 551 g/mol. The minimum Gasteiger partial charge on any atom is -0.496 e. The normalized spacial score (nSPS) is 12.3. The zero-order valence-electron chi connectivity index (χ0n) is 22.2. The largest absolute Gasteiger partial charge is 0.496 e. The molecule has 0 saturated carbocycles. The van der Waals surface area contributed by atoms with Gasteiger partial charge in [-0.3, -0.25) is 9.36 Å². The molecule has 0 radical (unpaired) electrons. The average molecular weight is 552 g/mol. The van der Waals surface area contributed by atoms with Crippen LogP contribution < -0.4 is 10.3 Å². The van der Waals surface area contributed by atoms with E-state index in [1.54, 1.807) is 56.3 Å². The number of unbranched alkanes of at least 4 members (excludes halogenated alkanes) is 1. The van der Waals surface area contributed by atoms with Crippen LogP contribution >= 0.6 is 0 Å². The zero-order chi connectivity index (χ0) is 28.3. The first-order valence-electron chi connectivity index (χ1n) is 12.6. The van der Waals surface area contributed by atoms with Crippen LogP contribution in [-0.4, -0.2) is 35.2 Å². The van der Waals surface area contributed by atoms with Gasteiger partial charge in [0.2, 0.25) is 21.7 Å². The predicted octanol–water partition coefficient (Wildman–Crippen LogP) is 5.25. The number of aromatic hydroxyl groups is 1. The van der Waals surface area contributed by atoms with Crippen molar-refractivity contribution in [3.63, 3.8) is 0 Å². The van der Waals surface area contributed by atoms with E-state index < -0.39 is 38.2 Å². The molecule has 4 aromatic rings. The molecular formula is C29H30FN3O5S. The van der Waals surface area contributed by atoms with Crippen molar-refractivity contribution in [2.24, 2.45) is 0 Å². The molecule has 10 heteroatoms. The molecule has 8 nitrogen and oxygen atoms in total. The third-order valence-corrected chi connectivity index (χ3v) is 8.44. The Bertz CT molecular complexity index is 1670. The lowest BCUT2D eigenvalue weighted by molar-refractivity contribution is 0.394. The minimum absolute atomic E-state index is 0.189. The van der Waals surface area contributed by atoms with Gasteiger partial charge in [0.1, 0.15) is 11.6 Å². The highest BCUT2D eigenvalue weighted by molar-refractivity contribution is 7.91. The van der Waals surface area contributed by atoms with Crippen LogP contribution in [-0.2, 0) is 16.3 Å². The Morgan fingerprint density at radius 3 is 2.38 bits per heavy atom. The van der Waals surface area contributed by atoms with Gasteiger partial charge in [-0.15, -0.1) is 0 Å². The summed E-state index contributed by atoms with van der Waals surface area (Å²) in [6, 6.07) is 15.1. The summed E-state index contributed by atoms with van der Waals surface area (Å²) in [6.07, 6.45) is 1.88. The van der Waals surface area contributed by atoms with Gasteiger partial charge in [0, 0.05) is 23.2 Å². The van der Waals surface area contributed by atoms with E-state index in [2.05, 4.69) is 9.97 Å². The van der Waals surface area contributed by atoms with E-state index in [-0.39, 0.29) is 10.7 Å². The van der Waals surface area contributed by atoms with Crippen LogP contribution in [0, 0.1) is 12.9 Å². The number of hydrogen-bond donors (Lipinski definition) is 1. The van der Waals surface area contributed by atoms with E-state index in [0.717, 1.165) is 6.42 Å². The molecule has 204 valence electrons. The van der Waals surface area contributed by atoms with E-state index in [0.29, 0.717) is 41.0 Å². The van der Waals surface area contributed by atoms with Crippen molar-refractivity contribution in [2.45, 2.75) is 55.9 Å². The molecule has 0 aliphatic heterocycles. The summed E-state index contributed by atoms with van der Waals surface area (Å²) in [7, 11) is -2.94. The van der Waals surface area contributed by atoms with Crippen molar-refractivity contribution < 1.29 is 22.7 Å². The molecular weight excluding hydrogens is 521 g/mol. The van der Waals surface area contributed by atoms with Crippen molar-refractivity contribution >= 4 is 9.84 Å². The Morgan fingerprint density at radius 1 is 1.05 bits per heavy atom. The molecule has 0 saturated heterocycles. The summed E-state index contributed by atoms with van der Waals surface area (Å²) in [4.78, 5) is 20.9. The van der Waals surface area contributed by atoms with Gasteiger partial charge < -0.3 is 9.84 Å². The number of para-hydroxylation sites is 1. The highest BCUT2D eigenvalue weighted by Crippen LogP contribution is 2.32. The van der Waals surface area contributed by atoms with Crippen molar-refractivity contribution in [2.75, 3.05) is 7.11 Å². The molecule has 1 atom stereocenters. The van der Waals surface area contributed by atoms with Gasteiger partial charge in [0.05, 0.1) is 18.0 Å².